The minimum absolute atomic E-state index is 0.0407. The van der Waals surface area contributed by atoms with Crippen LogP contribution in [0.4, 0.5) is 0 Å². The van der Waals surface area contributed by atoms with E-state index in [0.29, 0.717) is 5.75 Å². The first-order chi connectivity index (χ1) is 13.2. The van der Waals surface area contributed by atoms with Crippen molar-refractivity contribution in [2.24, 2.45) is 0 Å². The number of ether oxygens (including phenoxy) is 2. The maximum absolute atomic E-state index is 12.5. The van der Waals surface area contributed by atoms with Crippen LogP contribution in [0.5, 0.6) is 11.5 Å². The molecule has 0 spiro atoms. The van der Waals surface area contributed by atoms with Gasteiger partial charge in [-0.15, -0.1) is 0 Å². The fourth-order valence-corrected chi connectivity index (χ4v) is 3.75. The van der Waals surface area contributed by atoms with Crippen LogP contribution in [0, 0.1) is 0 Å². The van der Waals surface area contributed by atoms with E-state index < -0.39 is 0 Å². The molecular weight excluding hydrogens is 408 g/mol. The number of nitrogens with zero attached hydrogens (tertiary/aromatic N) is 2. The van der Waals surface area contributed by atoms with E-state index >= 15 is 0 Å². The number of benzene rings is 2. The Kier molecular flexibility index (Phi) is 5.45. The Balaban J connectivity index is 1.33. The van der Waals surface area contributed by atoms with Crippen molar-refractivity contribution in [3.63, 3.8) is 0 Å². The number of carbonyl (C=O) groups is 1. The van der Waals surface area contributed by atoms with Crippen LogP contribution in [0.15, 0.2) is 53.0 Å². The highest BCUT2D eigenvalue weighted by Gasteiger charge is 2.20. The van der Waals surface area contributed by atoms with E-state index in [-0.39, 0.29) is 12.7 Å². The van der Waals surface area contributed by atoms with E-state index in [0.717, 1.165) is 48.5 Å². The summed E-state index contributed by atoms with van der Waals surface area (Å²) in [5.74, 6) is 1.47. The third-order valence-corrected chi connectivity index (χ3v) is 5.52. The van der Waals surface area contributed by atoms with Crippen LogP contribution in [0.25, 0.3) is 6.08 Å². The van der Waals surface area contributed by atoms with E-state index in [1.165, 1.54) is 5.56 Å². The highest BCUT2D eigenvalue weighted by Crippen LogP contribution is 2.37. The zero-order valence-corrected chi connectivity index (χ0v) is 16.5. The second-order valence-electron chi connectivity index (χ2n) is 6.65. The molecule has 6 heteroatoms. The molecular formula is C21H21BrN2O3. The summed E-state index contributed by atoms with van der Waals surface area (Å²) in [6.07, 6.45) is 3.46. The lowest BCUT2D eigenvalue weighted by Gasteiger charge is -2.34. The molecule has 0 aromatic heterocycles. The molecule has 1 amide bonds. The topological polar surface area (TPSA) is 42.0 Å². The van der Waals surface area contributed by atoms with Gasteiger partial charge in [-0.05, 0) is 29.3 Å². The van der Waals surface area contributed by atoms with Crippen LogP contribution >= 0.6 is 15.9 Å². The van der Waals surface area contributed by atoms with Gasteiger partial charge in [0, 0.05) is 43.3 Å². The lowest BCUT2D eigenvalue weighted by Crippen LogP contribution is -2.47. The summed E-state index contributed by atoms with van der Waals surface area (Å²) in [7, 11) is 0. The zero-order valence-electron chi connectivity index (χ0n) is 14.9. The average molecular weight is 429 g/mol. The number of carbonyl (C=O) groups excluding carboxylic acids is 1. The molecule has 0 saturated carbocycles. The van der Waals surface area contributed by atoms with E-state index in [1.807, 2.05) is 29.2 Å². The predicted molar refractivity (Wildman–Crippen MR) is 108 cm³/mol. The van der Waals surface area contributed by atoms with Crippen molar-refractivity contribution in [1.82, 2.24) is 9.80 Å². The van der Waals surface area contributed by atoms with E-state index in [4.69, 9.17) is 9.47 Å². The smallest absolute Gasteiger partial charge is 0.246 e. The molecule has 4 rings (SSSR count). The molecule has 1 saturated heterocycles. The average Bonchev–Trinajstić information content (AvgIpc) is 3.14. The number of halogens is 1. The number of hydrogen-bond donors (Lipinski definition) is 0. The quantitative estimate of drug-likeness (QED) is 0.698. The van der Waals surface area contributed by atoms with Gasteiger partial charge in [-0.1, -0.05) is 46.3 Å². The minimum Gasteiger partial charge on any atom is -0.454 e. The molecule has 0 aliphatic carbocycles. The van der Waals surface area contributed by atoms with Crippen molar-refractivity contribution in [3.05, 3.63) is 64.1 Å². The largest absolute Gasteiger partial charge is 0.454 e. The van der Waals surface area contributed by atoms with E-state index in [9.17, 15) is 4.79 Å². The SMILES string of the molecule is O=C(C=Cc1cc2c(cc1Br)OCO2)N1CCN(Cc2ccccc2)CC1. The second kappa shape index (κ2) is 8.15. The Morgan fingerprint density at radius 1 is 1.04 bits per heavy atom. The van der Waals surface area contributed by atoms with Crippen molar-refractivity contribution in [2.45, 2.75) is 6.54 Å². The Morgan fingerprint density at radius 2 is 1.74 bits per heavy atom. The summed E-state index contributed by atoms with van der Waals surface area (Å²) in [5, 5.41) is 0. The first kappa shape index (κ1) is 18.1. The maximum Gasteiger partial charge on any atom is 0.246 e. The summed E-state index contributed by atoms with van der Waals surface area (Å²) >= 11 is 3.52. The molecule has 5 nitrogen and oxygen atoms in total. The number of fused-ring (bicyclic) bond motifs is 1. The van der Waals surface area contributed by atoms with Gasteiger partial charge in [-0.25, -0.2) is 0 Å². The highest BCUT2D eigenvalue weighted by atomic mass is 79.9. The summed E-state index contributed by atoms with van der Waals surface area (Å²) in [5.41, 5.74) is 2.21. The summed E-state index contributed by atoms with van der Waals surface area (Å²) in [6.45, 7) is 4.45. The molecule has 1 fully saturated rings. The van der Waals surface area contributed by atoms with Crippen molar-refractivity contribution in [3.8, 4) is 11.5 Å². The Hall–Kier alpha value is -2.31. The van der Waals surface area contributed by atoms with Crippen LogP contribution in [0.2, 0.25) is 0 Å². The third kappa shape index (κ3) is 4.34. The van der Waals surface area contributed by atoms with Gasteiger partial charge in [-0.3, -0.25) is 9.69 Å². The molecule has 0 unspecified atom stereocenters. The van der Waals surface area contributed by atoms with Crippen LogP contribution in [0.3, 0.4) is 0 Å². The van der Waals surface area contributed by atoms with Crippen LogP contribution in [0.1, 0.15) is 11.1 Å². The van der Waals surface area contributed by atoms with Gasteiger partial charge >= 0.3 is 0 Å². The zero-order chi connectivity index (χ0) is 18.6. The number of rotatable bonds is 4. The Bertz CT molecular complexity index is 846. The monoisotopic (exact) mass is 428 g/mol. The van der Waals surface area contributed by atoms with Gasteiger partial charge < -0.3 is 14.4 Å². The highest BCUT2D eigenvalue weighted by molar-refractivity contribution is 9.10. The van der Waals surface area contributed by atoms with Crippen LogP contribution < -0.4 is 9.47 Å². The summed E-state index contributed by atoms with van der Waals surface area (Å²) in [4.78, 5) is 16.8. The lowest BCUT2D eigenvalue weighted by molar-refractivity contribution is -0.127. The first-order valence-corrected chi connectivity index (χ1v) is 9.81. The number of amides is 1. The lowest BCUT2D eigenvalue weighted by atomic mass is 10.1. The van der Waals surface area contributed by atoms with Crippen molar-refractivity contribution in [1.29, 1.82) is 0 Å². The predicted octanol–water partition coefficient (Wildman–Crippen LogP) is 3.54. The van der Waals surface area contributed by atoms with Gasteiger partial charge in [0.25, 0.3) is 0 Å². The van der Waals surface area contributed by atoms with Crippen molar-refractivity contribution >= 4 is 27.9 Å². The second-order valence-corrected chi connectivity index (χ2v) is 7.50. The first-order valence-electron chi connectivity index (χ1n) is 9.01. The summed E-state index contributed by atoms with van der Waals surface area (Å²) < 4.78 is 11.6. The number of hydrogen-bond acceptors (Lipinski definition) is 4. The van der Waals surface area contributed by atoms with Crippen LogP contribution in [-0.2, 0) is 11.3 Å². The fraction of sp³-hybridized carbons (Fsp3) is 0.286. The molecule has 2 aromatic rings. The van der Waals surface area contributed by atoms with Gasteiger partial charge in [0.2, 0.25) is 12.7 Å². The Labute approximate surface area is 167 Å². The molecule has 2 aliphatic rings. The molecule has 0 atom stereocenters. The molecule has 27 heavy (non-hydrogen) atoms. The standard InChI is InChI=1S/C21H21BrN2O3/c22-18-13-20-19(26-15-27-20)12-17(18)6-7-21(25)24-10-8-23(9-11-24)14-16-4-2-1-3-5-16/h1-7,12-13H,8-11,14-15H2. The molecule has 2 aromatic carbocycles. The molecule has 140 valence electrons. The van der Waals surface area contributed by atoms with Crippen LogP contribution in [-0.4, -0.2) is 48.7 Å². The molecule has 0 N–H and O–H groups in total. The van der Waals surface area contributed by atoms with Gasteiger partial charge in [0.1, 0.15) is 0 Å². The minimum atomic E-state index is 0.0407. The molecule has 0 radical (unpaired) electrons. The van der Waals surface area contributed by atoms with E-state index in [2.05, 4.69) is 45.1 Å². The number of piperazine rings is 1. The normalized spacial score (nSPS) is 16.9. The Morgan fingerprint density at radius 3 is 2.48 bits per heavy atom. The van der Waals surface area contributed by atoms with Crippen molar-refractivity contribution in [2.75, 3.05) is 33.0 Å². The molecule has 0 bridgehead atoms. The van der Waals surface area contributed by atoms with E-state index in [1.54, 1.807) is 6.08 Å². The van der Waals surface area contributed by atoms with Gasteiger partial charge in [0.05, 0.1) is 0 Å². The molecule has 2 aliphatic heterocycles. The fourth-order valence-electron chi connectivity index (χ4n) is 3.30. The third-order valence-electron chi connectivity index (χ3n) is 4.83. The van der Waals surface area contributed by atoms with Gasteiger partial charge in [0.15, 0.2) is 11.5 Å². The van der Waals surface area contributed by atoms with Crippen molar-refractivity contribution < 1.29 is 14.3 Å². The maximum atomic E-state index is 12.5. The van der Waals surface area contributed by atoms with Gasteiger partial charge in [-0.2, -0.15) is 0 Å². The summed E-state index contributed by atoms with van der Waals surface area (Å²) in [6, 6.07) is 14.2. The molecule has 2 heterocycles.